The summed E-state index contributed by atoms with van der Waals surface area (Å²) in [7, 11) is 2.24. The summed E-state index contributed by atoms with van der Waals surface area (Å²) in [4.78, 5) is 7.02. The average molecular weight is 324 g/mol. The summed E-state index contributed by atoms with van der Waals surface area (Å²) in [6.07, 6.45) is 5.44. The Morgan fingerprint density at radius 2 is 2.33 bits per heavy atom. The summed E-state index contributed by atoms with van der Waals surface area (Å²) in [5.74, 6) is 1.57. The van der Waals surface area contributed by atoms with E-state index in [4.69, 9.17) is 10.2 Å². The number of hydrogen-bond acceptors (Lipinski definition) is 4. The Morgan fingerprint density at radius 1 is 1.42 bits per heavy atom. The smallest absolute Gasteiger partial charge is 0.168 e. The van der Waals surface area contributed by atoms with Crippen LogP contribution in [0.25, 0.3) is 0 Å². The molecule has 1 fully saturated rings. The van der Waals surface area contributed by atoms with Gasteiger partial charge in [-0.25, -0.2) is 4.99 Å². The quantitative estimate of drug-likeness (QED) is 0.669. The molecule has 0 bridgehead atoms. The van der Waals surface area contributed by atoms with E-state index in [-0.39, 0.29) is 0 Å². The monoisotopic (exact) mass is 324 g/mol. The van der Waals surface area contributed by atoms with Gasteiger partial charge in [-0.3, -0.25) is 0 Å². The summed E-state index contributed by atoms with van der Waals surface area (Å²) in [5, 5.41) is 3.53. The number of benzene rings is 1. The minimum atomic E-state index is 0.415. The molecule has 126 valence electrons. The van der Waals surface area contributed by atoms with Crippen molar-refractivity contribution in [2.45, 2.75) is 31.2 Å². The third-order valence-electron chi connectivity index (χ3n) is 5.27. The summed E-state index contributed by atoms with van der Waals surface area (Å²) >= 11 is 0. The van der Waals surface area contributed by atoms with Crippen LogP contribution in [0, 0.1) is 0 Å². The van der Waals surface area contributed by atoms with Gasteiger partial charge in [-0.15, -0.1) is 0 Å². The fourth-order valence-electron chi connectivity index (χ4n) is 3.90. The van der Waals surface area contributed by atoms with Crippen molar-refractivity contribution >= 4 is 17.2 Å². The summed E-state index contributed by atoms with van der Waals surface area (Å²) in [6.45, 7) is 2.24. The molecule has 3 heterocycles. The Balaban J connectivity index is 1.56. The van der Waals surface area contributed by atoms with Gasteiger partial charge in [0.1, 0.15) is 0 Å². The van der Waals surface area contributed by atoms with E-state index in [0.29, 0.717) is 23.6 Å². The molecule has 2 aromatic rings. The molecular formula is C19H24N4O. The molecule has 0 aliphatic carbocycles. The van der Waals surface area contributed by atoms with E-state index in [1.54, 1.807) is 6.26 Å². The van der Waals surface area contributed by atoms with E-state index in [0.717, 1.165) is 12.2 Å². The standard InChI is InChI=1S/C19H24N4O/c1-23-8-2-4-15(23)10-13-12-21-17-7-6-14(11-16(13)17)22-19(20)18-5-3-9-24-18/h3,5-7,9,11,13,15,21H,2,4,8,10,12H2,1H3,(H2,20,22)/t13?,15-/m1/s1. The summed E-state index contributed by atoms with van der Waals surface area (Å²) in [5.41, 5.74) is 9.52. The second kappa shape index (κ2) is 6.32. The van der Waals surface area contributed by atoms with Gasteiger partial charge in [-0.05, 0) is 68.8 Å². The van der Waals surface area contributed by atoms with Crippen molar-refractivity contribution in [3.05, 3.63) is 47.9 Å². The summed E-state index contributed by atoms with van der Waals surface area (Å²) in [6, 6.07) is 10.6. The molecule has 1 unspecified atom stereocenters. The van der Waals surface area contributed by atoms with Crippen molar-refractivity contribution in [2.24, 2.45) is 10.7 Å². The van der Waals surface area contributed by atoms with Crippen LogP contribution >= 0.6 is 0 Å². The van der Waals surface area contributed by atoms with E-state index in [9.17, 15) is 0 Å². The highest BCUT2D eigenvalue weighted by atomic mass is 16.3. The fourth-order valence-corrected chi connectivity index (χ4v) is 3.90. The Bertz CT molecular complexity index is 738. The van der Waals surface area contributed by atoms with Crippen molar-refractivity contribution in [3.8, 4) is 0 Å². The topological polar surface area (TPSA) is 66.8 Å². The predicted octanol–water partition coefficient (Wildman–Crippen LogP) is 3.31. The molecule has 2 aliphatic heterocycles. The molecule has 0 radical (unpaired) electrons. The molecule has 3 N–H and O–H groups in total. The Kier molecular flexibility index (Phi) is 4.02. The van der Waals surface area contributed by atoms with Gasteiger partial charge in [0, 0.05) is 24.2 Å². The van der Waals surface area contributed by atoms with E-state index in [1.807, 2.05) is 18.2 Å². The van der Waals surface area contributed by atoms with Crippen LogP contribution in [0.5, 0.6) is 0 Å². The molecule has 1 saturated heterocycles. The molecule has 24 heavy (non-hydrogen) atoms. The minimum Gasteiger partial charge on any atom is -0.461 e. The molecule has 1 aromatic heterocycles. The van der Waals surface area contributed by atoms with Gasteiger partial charge in [0.2, 0.25) is 0 Å². The largest absolute Gasteiger partial charge is 0.461 e. The maximum absolute atomic E-state index is 6.04. The zero-order valence-corrected chi connectivity index (χ0v) is 14.0. The first-order valence-electron chi connectivity index (χ1n) is 8.67. The van der Waals surface area contributed by atoms with Crippen molar-refractivity contribution in [1.29, 1.82) is 0 Å². The third-order valence-corrected chi connectivity index (χ3v) is 5.27. The highest BCUT2D eigenvalue weighted by molar-refractivity contribution is 5.96. The van der Waals surface area contributed by atoms with E-state index >= 15 is 0 Å². The minimum absolute atomic E-state index is 0.415. The first-order chi connectivity index (χ1) is 11.7. The first kappa shape index (κ1) is 15.3. The number of likely N-dealkylation sites (tertiary alicyclic amines) is 1. The number of aliphatic imine (C=N–C) groups is 1. The first-order valence-corrected chi connectivity index (χ1v) is 8.67. The van der Waals surface area contributed by atoms with Gasteiger partial charge in [-0.2, -0.15) is 0 Å². The molecule has 0 saturated carbocycles. The van der Waals surface area contributed by atoms with Gasteiger partial charge < -0.3 is 20.4 Å². The van der Waals surface area contributed by atoms with Crippen LogP contribution in [0.3, 0.4) is 0 Å². The highest BCUT2D eigenvalue weighted by Crippen LogP contribution is 2.38. The SMILES string of the molecule is CN1CCC[C@@H]1CC1CNc2ccc(N=C(N)c3ccco3)cc21. The number of hydrogen-bond donors (Lipinski definition) is 2. The van der Waals surface area contributed by atoms with Crippen molar-refractivity contribution < 1.29 is 4.42 Å². The molecule has 5 nitrogen and oxygen atoms in total. The number of furan rings is 1. The Labute approximate surface area is 142 Å². The fraction of sp³-hybridized carbons (Fsp3) is 0.421. The molecule has 0 amide bonds. The molecule has 0 spiro atoms. The zero-order chi connectivity index (χ0) is 16.5. The lowest BCUT2D eigenvalue weighted by Gasteiger charge is -2.22. The van der Waals surface area contributed by atoms with E-state index in [1.165, 1.54) is 37.1 Å². The lowest BCUT2D eigenvalue weighted by atomic mass is 9.92. The maximum atomic E-state index is 6.04. The molecule has 2 atom stereocenters. The molecule has 2 aliphatic rings. The van der Waals surface area contributed by atoms with Crippen LogP contribution in [0.15, 0.2) is 46.0 Å². The zero-order valence-electron chi connectivity index (χ0n) is 14.0. The van der Waals surface area contributed by atoms with Gasteiger partial charge in [0.15, 0.2) is 11.6 Å². The summed E-state index contributed by atoms with van der Waals surface area (Å²) < 4.78 is 5.31. The average Bonchev–Trinajstić information content (AvgIpc) is 3.31. The van der Waals surface area contributed by atoms with Crippen molar-refractivity contribution in [2.75, 3.05) is 25.5 Å². The number of rotatable bonds is 4. The number of amidine groups is 1. The Morgan fingerprint density at radius 3 is 3.08 bits per heavy atom. The highest BCUT2D eigenvalue weighted by Gasteiger charge is 2.29. The molecule has 4 rings (SSSR count). The van der Waals surface area contributed by atoms with Crippen LogP contribution in [0.2, 0.25) is 0 Å². The molecule has 5 heteroatoms. The van der Waals surface area contributed by atoms with Gasteiger partial charge in [0.05, 0.1) is 12.0 Å². The third kappa shape index (κ3) is 2.91. The predicted molar refractivity (Wildman–Crippen MR) is 97.0 cm³/mol. The van der Waals surface area contributed by atoms with E-state index in [2.05, 4.69) is 34.4 Å². The van der Waals surface area contributed by atoms with Crippen LogP contribution < -0.4 is 11.1 Å². The molecular weight excluding hydrogens is 300 g/mol. The normalized spacial score (nSPS) is 24.1. The second-order valence-electron chi connectivity index (χ2n) is 6.84. The number of nitrogens with one attached hydrogen (secondary N) is 1. The van der Waals surface area contributed by atoms with Crippen LogP contribution in [-0.4, -0.2) is 36.9 Å². The second-order valence-corrected chi connectivity index (χ2v) is 6.84. The van der Waals surface area contributed by atoms with Crippen LogP contribution in [0.4, 0.5) is 11.4 Å². The van der Waals surface area contributed by atoms with Crippen molar-refractivity contribution in [1.82, 2.24) is 4.90 Å². The van der Waals surface area contributed by atoms with Gasteiger partial charge in [0.25, 0.3) is 0 Å². The number of nitrogens with zero attached hydrogens (tertiary/aromatic N) is 2. The lowest BCUT2D eigenvalue weighted by molar-refractivity contribution is 0.285. The van der Waals surface area contributed by atoms with E-state index < -0.39 is 0 Å². The van der Waals surface area contributed by atoms with Gasteiger partial charge in [-0.1, -0.05) is 0 Å². The number of fused-ring (bicyclic) bond motifs is 1. The molecule has 1 aromatic carbocycles. The van der Waals surface area contributed by atoms with Crippen LogP contribution in [-0.2, 0) is 0 Å². The van der Waals surface area contributed by atoms with Crippen molar-refractivity contribution in [3.63, 3.8) is 0 Å². The van der Waals surface area contributed by atoms with Gasteiger partial charge >= 0.3 is 0 Å². The maximum Gasteiger partial charge on any atom is 0.168 e. The van der Waals surface area contributed by atoms with Crippen LogP contribution in [0.1, 0.15) is 36.5 Å². The lowest BCUT2D eigenvalue weighted by Crippen LogP contribution is -2.27. The Hall–Kier alpha value is -2.27. The number of nitrogens with two attached hydrogens (primary N) is 1. The number of anilines is 1.